The molecule has 4 aliphatic heterocycles. The highest BCUT2D eigenvalue weighted by Gasteiger charge is 2.66. The molecule has 55 heavy (non-hydrogen) atoms. The molecule has 0 aliphatic carbocycles. The zero-order chi connectivity index (χ0) is 38.5. The fourth-order valence-electron chi connectivity index (χ4n) is 10.0. The van der Waals surface area contributed by atoms with Crippen LogP contribution in [0.5, 0.6) is 5.75 Å². The number of rotatable bonds is 9. The number of amides is 3. The van der Waals surface area contributed by atoms with Gasteiger partial charge in [-0.2, -0.15) is 0 Å². The molecule has 4 aromatic carbocycles. The van der Waals surface area contributed by atoms with Gasteiger partial charge in [0.1, 0.15) is 5.75 Å². The van der Waals surface area contributed by atoms with E-state index < -0.39 is 19.8 Å². The maximum absolute atomic E-state index is 15.4. The normalized spacial score (nSPS) is 25.0. The third-order valence-corrected chi connectivity index (χ3v) is 17.3. The predicted octanol–water partition coefficient (Wildman–Crippen LogP) is 6.31. The van der Waals surface area contributed by atoms with Crippen molar-refractivity contribution in [3.63, 3.8) is 0 Å². The lowest BCUT2D eigenvalue weighted by Crippen LogP contribution is -2.52. The summed E-state index contributed by atoms with van der Waals surface area (Å²) < 4.78 is 12.9. The van der Waals surface area contributed by atoms with Gasteiger partial charge < -0.3 is 29.3 Å². The van der Waals surface area contributed by atoms with E-state index >= 15 is 4.79 Å². The maximum atomic E-state index is 15.4. The summed E-state index contributed by atoms with van der Waals surface area (Å²) in [7, 11) is -0.884. The van der Waals surface area contributed by atoms with Crippen molar-refractivity contribution in [2.24, 2.45) is 5.92 Å². The molecule has 9 nitrogen and oxygen atoms in total. The van der Waals surface area contributed by atoms with E-state index in [9.17, 15) is 14.7 Å². The summed E-state index contributed by atoms with van der Waals surface area (Å²) in [6.07, 6.45) is 2.36. The van der Waals surface area contributed by atoms with Gasteiger partial charge in [-0.05, 0) is 71.8 Å². The Labute approximate surface area is 324 Å². The van der Waals surface area contributed by atoms with Crippen molar-refractivity contribution in [2.75, 3.05) is 30.1 Å². The van der Waals surface area contributed by atoms with Crippen LogP contribution < -0.4 is 19.7 Å². The molecule has 0 radical (unpaired) electrons. The first-order valence-corrected chi connectivity index (χ1v) is 22.7. The quantitative estimate of drug-likeness (QED) is 0.201. The number of carbonyl (C=O) groups is 3. The highest BCUT2D eigenvalue weighted by Crippen LogP contribution is 2.60. The Kier molecular flexibility index (Phi) is 9.94. The minimum Gasteiger partial charge on any atom is -0.497 e. The van der Waals surface area contributed by atoms with Crippen LogP contribution in [0, 0.1) is 5.92 Å². The summed E-state index contributed by atoms with van der Waals surface area (Å²) in [5.41, 5.74) is 4.01. The molecule has 0 aromatic heterocycles. The molecule has 1 spiro atoms. The summed E-state index contributed by atoms with van der Waals surface area (Å²) in [6.45, 7) is 8.03. The number of nitrogens with zero attached hydrogens (tertiary/aromatic N) is 3. The standard InChI is InChI=1S/C45H51N3O6Si/c1-30-43(55(3,4)37-20-18-36(53-2)19-21-37)40(26-42(51)47-28-33-15-9-8-14-32(33)24-35(47)29-49)54-45(30)38-25-34(46-23-11-10-16-41(46)50)17-22-39(38)48(44(45)52)27-31-12-6-5-7-13-31/h5-9,12-15,17-22,25,30,35,40,43,49H,10-11,16,23-24,26-29H2,1-4H3/t30-,35-,40+,43-,45+/m0/s1. The lowest BCUT2D eigenvalue weighted by Gasteiger charge is -2.39. The van der Waals surface area contributed by atoms with E-state index in [0.29, 0.717) is 32.5 Å². The van der Waals surface area contributed by atoms with Crippen LogP contribution in [-0.4, -0.2) is 68.2 Å². The average Bonchev–Trinajstić information content (AvgIpc) is 3.63. The van der Waals surface area contributed by atoms with Crippen LogP contribution in [0.2, 0.25) is 18.6 Å². The Morgan fingerprint density at radius 3 is 2.38 bits per heavy atom. The van der Waals surface area contributed by atoms with Crippen molar-refractivity contribution in [3.8, 4) is 5.75 Å². The van der Waals surface area contributed by atoms with Crippen molar-refractivity contribution in [1.82, 2.24) is 4.90 Å². The van der Waals surface area contributed by atoms with Gasteiger partial charge in [-0.3, -0.25) is 14.4 Å². The molecule has 4 heterocycles. The van der Waals surface area contributed by atoms with Crippen LogP contribution in [0.4, 0.5) is 11.4 Å². The van der Waals surface area contributed by atoms with Crippen LogP contribution in [0.15, 0.2) is 97.1 Å². The molecule has 0 saturated carbocycles. The Balaban J connectivity index is 1.24. The summed E-state index contributed by atoms with van der Waals surface area (Å²) in [5.74, 6) is 0.308. The summed E-state index contributed by atoms with van der Waals surface area (Å²) in [5, 5.41) is 11.7. The van der Waals surface area contributed by atoms with Gasteiger partial charge in [0, 0.05) is 36.7 Å². The Hall–Kier alpha value is -4.77. The molecule has 8 rings (SSSR count). The molecular weight excluding hydrogens is 707 g/mol. The van der Waals surface area contributed by atoms with Gasteiger partial charge >= 0.3 is 0 Å². The fraction of sp³-hybridized carbons (Fsp3) is 0.400. The number of hydrogen-bond acceptors (Lipinski definition) is 6. The maximum Gasteiger partial charge on any atom is 0.264 e. The smallest absolute Gasteiger partial charge is 0.264 e. The van der Waals surface area contributed by atoms with E-state index in [1.165, 1.54) is 5.19 Å². The second-order valence-corrected chi connectivity index (χ2v) is 21.0. The van der Waals surface area contributed by atoms with Crippen LogP contribution in [0.1, 0.15) is 54.9 Å². The van der Waals surface area contributed by atoms with E-state index in [-0.39, 0.29) is 48.3 Å². The number of anilines is 2. The zero-order valence-electron chi connectivity index (χ0n) is 32.2. The van der Waals surface area contributed by atoms with E-state index in [0.717, 1.165) is 52.2 Å². The molecular formula is C45H51N3O6Si. The van der Waals surface area contributed by atoms with Gasteiger partial charge in [-0.15, -0.1) is 0 Å². The van der Waals surface area contributed by atoms with E-state index in [4.69, 9.17) is 9.47 Å². The number of carbonyl (C=O) groups excluding carboxylic acids is 3. The molecule has 286 valence electrons. The third kappa shape index (κ3) is 6.38. The van der Waals surface area contributed by atoms with E-state index in [1.807, 2.05) is 87.5 Å². The van der Waals surface area contributed by atoms with Gasteiger partial charge in [-0.25, -0.2) is 0 Å². The molecule has 5 atom stereocenters. The first-order valence-electron chi connectivity index (χ1n) is 19.7. The molecule has 1 N–H and O–H groups in total. The fourth-order valence-corrected chi connectivity index (χ4v) is 14.0. The second kappa shape index (κ2) is 14.7. The monoisotopic (exact) mass is 757 g/mol. The Bertz CT molecular complexity index is 2090. The van der Waals surface area contributed by atoms with Crippen LogP contribution in [0.25, 0.3) is 0 Å². The average molecular weight is 758 g/mol. The first-order chi connectivity index (χ1) is 26.6. The van der Waals surface area contributed by atoms with Gasteiger partial charge in [0.25, 0.3) is 5.91 Å². The minimum atomic E-state index is -2.54. The number of aliphatic hydroxyl groups excluding tert-OH is 1. The molecule has 3 amide bonds. The zero-order valence-corrected chi connectivity index (χ0v) is 33.2. The van der Waals surface area contributed by atoms with E-state index in [1.54, 1.807) is 7.11 Å². The predicted molar refractivity (Wildman–Crippen MR) is 216 cm³/mol. The van der Waals surface area contributed by atoms with Crippen molar-refractivity contribution in [2.45, 2.75) is 88.5 Å². The minimum absolute atomic E-state index is 0.0770. The summed E-state index contributed by atoms with van der Waals surface area (Å²) in [4.78, 5) is 48.8. The number of piperidine rings is 1. The van der Waals surface area contributed by atoms with E-state index in [2.05, 4.69) is 44.3 Å². The van der Waals surface area contributed by atoms with Crippen molar-refractivity contribution < 1.29 is 29.0 Å². The lowest BCUT2D eigenvalue weighted by molar-refractivity contribution is -0.151. The molecule has 10 heteroatoms. The Morgan fingerprint density at radius 2 is 1.67 bits per heavy atom. The molecule has 4 aromatic rings. The number of ether oxygens (including phenoxy) is 2. The SMILES string of the molecule is COc1ccc([Si](C)(C)[C@@H]2[C@@H](CC(=O)N3Cc4ccccc4C[C@H]3CO)O[C@]3(C(=O)N(Cc4ccccc4)c4ccc(N5CCCCC5=O)cc43)[C@H]2C)cc1. The summed E-state index contributed by atoms with van der Waals surface area (Å²) in [6, 6.07) is 31.9. The number of hydrogen-bond donors (Lipinski definition) is 1. The molecule has 2 saturated heterocycles. The van der Waals surface area contributed by atoms with Crippen LogP contribution in [0.3, 0.4) is 0 Å². The lowest BCUT2D eigenvalue weighted by atomic mass is 9.82. The van der Waals surface area contributed by atoms with Crippen LogP contribution >= 0.6 is 0 Å². The van der Waals surface area contributed by atoms with Gasteiger partial charge in [-0.1, -0.05) is 91.9 Å². The van der Waals surface area contributed by atoms with Crippen LogP contribution in [-0.2, 0) is 44.2 Å². The van der Waals surface area contributed by atoms with Crippen molar-refractivity contribution >= 4 is 42.4 Å². The number of fused-ring (bicyclic) bond motifs is 3. The summed E-state index contributed by atoms with van der Waals surface area (Å²) >= 11 is 0. The topological polar surface area (TPSA) is 99.6 Å². The number of aliphatic hydroxyl groups is 1. The van der Waals surface area contributed by atoms with Gasteiger partial charge in [0.05, 0.1) is 52.6 Å². The highest BCUT2D eigenvalue weighted by atomic mass is 28.3. The second-order valence-electron chi connectivity index (χ2n) is 16.3. The Morgan fingerprint density at radius 1 is 0.945 bits per heavy atom. The first kappa shape index (κ1) is 37.2. The van der Waals surface area contributed by atoms with Crippen molar-refractivity contribution in [3.05, 3.63) is 119 Å². The third-order valence-electron chi connectivity index (χ3n) is 12.9. The van der Waals surface area contributed by atoms with Gasteiger partial charge in [0.2, 0.25) is 11.8 Å². The molecule has 2 fully saturated rings. The molecule has 0 bridgehead atoms. The number of methoxy groups -OCH3 is 1. The number of benzene rings is 4. The van der Waals surface area contributed by atoms with Gasteiger partial charge in [0.15, 0.2) is 5.60 Å². The molecule has 4 aliphatic rings. The highest BCUT2D eigenvalue weighted by molar-refractivity contribution is 6.91. The van der Waals surface area contributed by atoms with Crippen molar-refractivity contribution in [1.29, 1.82) is 0 Å². The molecule has 0 unspecified atom stereocenters. The largest absolute Gasteiger partial charge is 0.497 e.